The number of carbonyl (C=O) groups is 4. The van der Waals surface area contributed by atoms with E-state index in [1.807, 2.05) is 0 Å². The van der Waals surface area contributed by atoms with Gasteiger partial charge in [-0.15, -0.1) is 0 Å². The molecule has 1 rings (SSSR count). The summed E-state index contributed by atoms with van der Waals surface area (Å²) in [6.45, 7) is 1.99. The molecule has 9 heteroatoms. The standard InChI is InChI=1S/C17H19NO8/c1-10(19)25-9-13(17(23)24-3)18-16(22)7-5-12-4-6-14(21)15(8-12)26-11(2)20/h4-8,13,21H,9H2,1-3H3,(H,18,22). The summed E-state index contributed by atoms with van der Waals surface area (Å²) in [5.41, 5.74) is 0.462. The molecule has 0 fully saturated rings. The molecule has 1 aromatic carbocycles. The summed E-state index contributed by atoms with van der Waals surface area (Å²) in [4.78, 5) is 45.3. The molecular formula is C17H19NO8. The minimum Gasteiger partial charge on any atom is -0.504 e. The largest absolute Gasteiger partial charge is 0.504 e. The fourth-order valence-electron chi connectivity index (χ4n) is 1.77. The van der Waals surface area contributed by atoms with E-state index in [-0.39, 0.29) is 18.1 Å². The average molecular weight is 365 g/mol. The van der Waals surface area contributed by atoms with Gasteiger partial charge < -0.3 is 24.6 Å². The molecule has 0 aliphatic heterocycles. The van der Waals surface area contributed by atoms with Crippen LogP contribution >= 0.6 is 0 Å². The van der Waals surface area contributed by atoms with Crippen molar-refractivity contribution >= 4 is 29.9 Å². The number of ether oxygens (including phenoxy) is 3. The smallest absolute Gasteiger partial charge is 0.331 e. The predicted molar refractivity (Wildman–Crippen MR) is 89.0 cm³/mol. The Labute approximate surface area is 149 Å². The van der Waals surface area contributed by atoms with Gasteiger partial charge in [-0.05, 0) is 23.8 Å². The summed E-state index contributed by atoms with van der Waals surface area (Å²) in [5, 5.41) is 11.9. The number of methoxy groups -OCH3 is 1. The van der Waals surface area contributed by atoms with Crippen molar-refractivity contribution in [3.8, 4) is 11.5 Å². The minimum absolute atomic E-state index is 0.0534. The van der Waals surface area contributed by atoms with Gasteiger partial charge in [-0.25, -0.2) is 4.79 Å². The molecule has 26 heavy (non-hydrogen) atoms. The summed E-state index contributed by atoms with van der Waals surface area (Å²) < 4.78 is 14.1. The van der Waals surface area contributed by atoms with Crippen LogP contribution in [0.4, 0.5) is 0 Å². The Morgan fingerprint density at radius 3 is 2.46 bits per heavy atom. The third-order valence-corrected chi connectivity index (χ3v) is 2.92. The van der Waals surface area contributed by atoms with Crippen LogP contribution in [-0.2, 0) is 28.7 Å². The van der Waals surface area contributed by atoms with E-state index < -0.39 is 29.9 Å². The summed E-state index contributed by atoms with van der Waals surface area (Å²) in [7, 11) is 1.14. The fourth-order valence-corrected chi connectivity index (χ4v) is 1.77. The molecule has 0 bridgehead atoms. The summed E-state index contributed by atoms with van der Waals surface area (Å²) in [5.74, 6) is -2.91. The van der Waals surface area contributed by atoms with Crippen molar-refractivity contribution in [3.63, 3.8) is 0 Å². The molecule has 0 saturated carbocycles. The highest BCUT2D eigenvalue weighted by Gasteiger charge is 2.22. The lowest BCUT2D eigenvalue weighted by Crippen LogP contribution is -2.44. The third kappa shape index (κ3) is 7.04. The highest BCUT2D eigenvalue weighted by molar-refractivity contribution is 5.94. The number of aromatic hydroxyl groups is 1. The quantitative estimate of drug-likeness (QED) is 0.407. The molecule has 2 N–H and O–H groups in total. The number of esters is 3. The van der Waals surface area contributed by atoms with Gasteiger partial charge >= 0.3 is 17.9 Å². The van der Waals surface area contributed by atoms with Gasteiger partial charge in [0.25, 0.3) is 0 Å². The van der Waals surface area contributed by atoms with E-state index in [1.54, 1.807) is 0 Å². The molecule has 1 aromatic rings. The van der Waals surface area contributed by atoms with Crippen molar-refractivity contribution in [3.05, 3.63) is 29.8 Å². The van der Waals surface area contributed by atoms with Crippen molar-refractivity contribution in [2.24, 2.45) is 0 Å². The maximum atomic E-state index is 11.9. The lowest BCUT2D eigenvalue weighted by atomic mass is 10.2. The number of nitrogens with one attached hydrogen (secondary N) is 1. The fraction of sp³-hybridized carbons (Fsp3) is 0.294. The van der Waals surface area contributed by atoms with Crippen molar-refractivity contribution in [2.45, 2.75) is 19.9 Å². The van der Waals surface area contributed by atoms with Crippen LogP contribution in [0.1, 0.15) is 19.4 Å². The second-order valence-electron chi connectivity index (χ2n) is 5.04. The van der Waals surface area contributed by atoms with Crippen molar-refractivity contribution in [2.75, 3.05) is 13.7 Å². The van der Waals surface area contributed by atoms with Gasteiger partial charge in [-0.3, -0.25) is 14.4 Å². The summed E-state index contributed by atoms with van der Waals surface area (Å²) >= 11 is 0. The molecule has 1 unspecified atom stereocenters. The number of rotatable bonds is 7. The van der Waals surface area contributed by atoms with E-state index in [4.69, 9.17) is 9.47 Å². The van der Waals surface area contributed by atoms with E-state index in [2.05, 4.69) is 10.1 Å². The Kier molecular flexibility index (Phi) is 7.81. The molecule has 0 radical (unpaired) electrons. The Morgan fingerprint density at radius 1 is 1.19 bits per heavy atom. The zero-order chi connectivity index (χ0) is 19.7. The molecule has 0 heterocycles. The lowest BCUT2D eigenvalue weighted by Gasteiger charge is -2.14. The zero-order valence-electron chi connectivity index (χ0n) is 14.5. The van der Waals surface area contributed by atoms with E-state index >= 15 is 0 Å². The third-order valence-electron chi connectivity index (χ3n) is 2.92. The Bertz CT molecular complexity index is 725. The van der Waals surface area contributed by atoms with Gasteiger partial charge in [0.1, 0.15) is 6.61 Å². The summed E-state index contributed by atoms with van der Waals surface area (Å²) in [6, 6.07) is 2.99. The number of amides is 1. The van der Waals surface area contributed by atoms with Crippen molar-refractivity contribution < 1.29 is 38.5 Å². The number of hydrogen-bond acceptors (Lipinski definition) is 8. The Morgan fingerprint density at radius 2 is 1.88 bits per heavy atom. The van der Waals surface area contributed by atoms with Gasteiger partial charge in [0.15, 0.2) is 17.5 Å². The number of carbonyl (C=O) groups excluding carboxylic acids is 4. The van der Waals surface area contributed by atoms with Crippen LogP contribution in [0, 0.1) is 0 Å². The van der Waals surface area contributed by atoms with Crippen molar-refractivity contribution in [1.82, 2.24) is 5.32 Å². The summed E-state index contributed by atoms with van der Waals surface area (Å²) in [6.07, 6.45) is 2.50. The molecule has 0 aliphatic rings. The number of phenolic OH excluding ortho intramolecular Hbond substituents is 1. The van der Waals surface area contributed by atoms with E-state index in [1.165, 1.54) is 38.1 Å². The highest BCUT2D eigenvalue weighted by atomic mass is 16.5. The van der Waals surface area contributed by atoms with Crippen LogP contribution in [0.25, 0.3) is 6.08 Å². The normalized spacial score (nSPS) is 11.5. The number of benzene rings is 1. The molecule has 1 amide bonds. The average Bonchev–Trinajstić information content (AvgIpc) is 2.57. The lowest BCUT2D eigenvalue weighted by molar-refractivity contribution is -0.150. The molecule has 0 aliphatic carbocycles. The van der Waals surface area contributed by atoms with Gasteiger partial charge in [0.2, 0.25) is 5.91 Å². The highest BCUT2D eigenvalue weighted by Crippen LogP contribution is 2.27. The Balaban J connectivity index is 2.79. The molecule has 1 atom stereocenters. The van der Waals surface area contributed by atoms with Gasteiger partial charge in [-0.2, -0.15) is 0 Å². The van der Waals surface area contributed by atoms with E-state index in [0.717, 1.165) is 13.2 Å². The second-order valence-corrected chi connectivity index (χ2v) is 5.04. The first-order valence-corrected chi connectivity index (χ1v) is 7.44. The van der Waals surface area contributed by atoms with Crippen LogP contribution < -0.4 is 10.1 Å². The Hall–Kier alpha value is -3.36. The minimum atomic E-state index is -1.16. The second kappa shape index (κ2) is 9.82. The molecular weight excluding hydrogens is 346 g/mol. The maximum Gasteiger partial charge on any atom is 0.331 e. The molecule has 140 valence electrons. The monoisotopic (exact) mass is 365 g/mol. The van der Waals surface area contributed by atoms with Gasteiger partial charge in [0, 0.05) is 19.9 Å². The first kappa shape index (κ1) is 20.7. The molecule has 9 nitrogen and oxygen atoms in total. The van der Waals surface area contributed by atoms with Crippen LogP contribution in [0.15, 0.2) is 24.3 Å². The first-order chi connectivity index (χ1) is 12.2. The zero-order valence-corrected chi connectivity index (χ0v) is 14.5. The van der Waals surface area contributed by atoms with E-state index in [9.17, 15) is 24.3 Å². The van der Waals surface area contributed by atoms with Crippen LogP contribution in [0.3, 0.4) is 0 Å². The topological polar surface area (TPSA) is 128 Å². The molecule has 0 spiro atoms. The van der Waals surface area contributed by atoms with E-state index in [0.29, 0.717) is 5.56 Å². The predicted octanol–water partition coefficient (Wildman–Crippen LogP) is 0.552. The first-order valence-electron chi connectivity index (χ1n) is 7.44. The van der Waals surface area contributed by atoms with Crippen LogP contribution in [0.5, 0.6) is 11.5 Å². The van der Waals surface area contributed by atoms with Crippen LogP contribution in [-0.4, -0.2) is 48.7 Å². The van der Waals surface area contributed by atoms with Crippen molar-refractivity contribution in [1.29, 1.82) is 0 Å². The van der Waals surface area contributed by atoms with Gasteiger partial charge in [0.05, 0.1) is 7.11 Å². The van der Waals surface area contributed by atoms with Crippen LogP contribution in [0.2, 0.25) is 0 Å². The molecule has 0 saturated heterocycles. The number of phenols is 1. The molecule has 0 aromatic heterocycles. The maximum absolute atomic E-state index is 11.9. The SMILES string of the molecule is COC(=O)C(COC(C)=O)NC(=O)C=Cc1ccc(O)c(OC(C)=O)c1. The number of hydrogen-bond donors (Lipinski definition) is 2. The van der Waals surface area contributed by atoms with Gasteiger partial charge in [-0.1, -0.05) is 6.07 Å².